The molecule has 2 aromatic carbocycles. The van der Waals surface area contributed by atoms with Gasteiger partial charge in [-0.25, -0.2) is 4.79 Å². The van der Waals surface area contributed by atoms with Gasteiger partial charge in [-0.15, -0.1) is 0 Å². The molecule has 0 radical (unpaired) electrons. The predicted octanol–water partition coefficient (Wildman–Crippen LogP) is 2.89. The standard InChI is InChI=1S/C26H29F3N4O5/c1-16-9-17(11-19(10-16)26(27,28)29)15-38-25(36)32-8-7-23(34)33-20(12-30)24(35)31(14-22(32)33)13-18-5-3-4-6-21(18)37-2/h3-6,9-11,20,22H,7-8,12-15,30H2,1-2H3/t20-,22+/m0/s1. The second-order valence-electron chi connectivity index (χ2n) is 9.27. The van der Waals surface area contributed by atoms with Crippen LogP contribution in [0.5, 0.6) is 5.75 Å². The molecular weight excluding hydrogens is 505 g/mol. The van der Waals surface area contributed by atoms with Gasteiger partial charge in [0.25, 0.3) is 0 Å². The lowest BCUT2D eigenvalue weighted by atomic mass is 10.0. The van der Waals surface area contributed by atoms with E-state index in [2.05, 4.69) is 0 Å². The number of ether oxygens (including phenoxy) is 2. The Morgan fingerprint density at radius 1 is 1.16 bits per heavy atom. The Morgan fingerprint density at radius 2 is 1.89 bits per heavy atom. The number of amides is 3. The first-order valence-corrected chi connectivity index (χ1v) is 12.1. The zero-order chi connectivity index (χ0) is 27.6. The number of methoxy groups -OCH3 is 1. The van der Waals surface area contributed by atoms with Gasteiger partial charge in [0, 0.05) is 31.6 Å². The number of nitrogens with two attached hydrogens (primary N) is 1. The van der Waals surface area contributed by atoms with E-state index in [0.717, 1.165) is 17.7 Å². The molecule has 2 heterocycles. The molecular formula is C26H29F3N4O5. The first-order valence-electron chi connectivity index (χ1n) is 12.1. The molecule has 3 amide bonds. The van der Waals surface area contributed by atoms with Crippen molar-refractivity contribution < 1.29 is 37.0 Å². The Bertz CT molecular complexity index is 1220. The summed E-state index contributed by atoms with van der Waals surface area (Å²) >= 11 is 0. The smallest absolute Gasteiger partial charge is 0.416 e. The summed E-state index contributed by atoms with van der Waals surface area (Å²) < 4.78 is 50.4. The van der Waals surface area contributed by atoms with Crippen LogP contribution in [0.2, 0.25) is 0 Å². The van der Waals surface area contributed by atoms with E-state index in [0.29, 0.717) is 11.3 Å². The van der Waals surface area contributed by atoms with Crippen LogP contribution < -0.4 is 10.5 Å². The van der Waals surface area contributed by atoms with Crippen LogP contribution in [0.25, 0.3) is 0 Å². The van der Waals surface area contributed by atoms with E-state index in [9.17, 15) is 27.6 Å². The number of hydrogen-bond acceptors (Lipinski definition) is 6. The normalized spacial score (nSPS) is 19.9. The van der Waals surface area contributed by atoms with Crippen molar-refractivity contribution in [2.24, 2.45) is 5.73 Å². The number of carbonyl (C=O) groups is 3. The van der Waals surface area contributed by atoms with Crippen LogP contribution in [-0.2, 0) is 33.7 Å². The summed E-state index contributed by atoms with van der Waals surface area (Å²) in [4.78, 5) is 43.4. The van der Waals surface area contributed by atoms with Gasteiger partial charge < -0.3 is 25.0 Å². The highest BCUT2D eigenvalue weighted by Crippen LogP contribution is 2.31. The number of alkyl halides is 3. The van der Waals surface area contributed by atoms with Gasteiger partial charge in [-0.05, 0) is 30.7 Å². The summed E-state index contributed by atoms with van der Waals surface area (Å²) in [6.45, 7) is 1.22. The number of piperazine rings is 1. The van der Waals surface area contributed by atoms with Gasteiger partial charge in [0.15, 0.2) is 0 Å². The van der Waals surface area contributed by atoms with Gasteiger partial charge in [0.2, 0.25) is 11.8 Å². The van der Waals surface area contributed by atoms with Crippen LogP contribution in [0.4, 0.5) is 18.0 Å². The molecule has 0 saturated carbocycles. The van der Waals surface area contributed by atoms with Crippen molar-refractivity contribution in [3.8, 4) is 5.75 Å². The largest absolute Gasteiger partial charge is 0.496 e. The summed E-state index contributed by atoms with van der Waals surface area (Å²) in [5.74, 6) is -0.0784. The number of halogens is 3. The van der Waals surface area contributed by atoms with Gasteiger partial charge in [-0.3, -0.25) is 14.5 Å². The molecule has 2 saturated heterocycles. The Kier molecular flexibility index (Phi) is 7.81. The Labute approximate surface area is 217 Å². The van der Waals surface area contributed by atoms with Crippen molar-refractivity contribution in [2.75, 3.05) is 26.7 Å². The minimum atomic E-state index is -4.53. The number of para-hydroxylation sites is 1. The highest BCUT2D eigenvalue weighted by molar-refractivity contribution is 5.91. The maximum Gasteiger partial charge on any atom is 0.416 e. The fraction of sp³-hybridized carbons (Fsp3) is 0.423. The second-order valence-corrected chi connectivity index (χ2v) is 9.27. The average Bonchev–Trinajstić information content (AvgIpc) is 2.88. The van der Waals surface area contributed by atoms with Gasteiger partial charge in [0.05, 0.1) is 19.2 Å². The number of nitrogens with zero attached hydrogens (tertiary/aromatic N) is 3. The Balaban J connectivity index is 1.55. The zero-order valence-corrected chi connectivity index (χ0v) is 21.0. The van der Waals surface area contributed by atoms with Crippen molar-refractivity contribution in [3.63, 3.8) is 0 Å². The number of carbonyl (C=O) groups excluding carboxylic acids is 3. The summed E-state index contributed by atoms with van der Waals surface area (Å²) in [6.07, 6.45) is -6.21. The lowest BCUT2D eigenvalue weighted by Gasteiger charge is -2.51. The van der Waals surface area contributed by atoms with E-state index in [-0.39, 0.29) is 56.6 Å². The van der Waals surface area contributed by atoms with Crippen LogP contribution in [0, 0.1) is 6.92 Å². The number of hydrogen-bond donors (Lipinski definition) is 1. The lowest BCUT2D eigenvalue weighted by Crippen LogP contribution is -2.72. The van der Waals surface area contributed by atoms with Crippen molar-refractivity contribution in [2.45, 2.75) is 44.9 Å². The van der Waals surface area contributed by atoms with E-state index in [1.165, 1.54) is 34.8 Å². The molecule has 12 heteroatoms. The maximum atomic E-state index is 13.3. The monoisotopic (exact) mass is 534 g/mol. The van der Waals surface area contributed by atoms with E-state index >= 15 is 0 Å². The molecule has 0 spiro atoms. The third-order valence-electron chi connectivity index (χ3n) is 6.69. The molecule has 0 aliphatic carbocycles. The molecule has 0 aromatic heterocycles. The summed E-state index contributed by atoms with van der Waals surface area (Å²) in [5, 5.41) is 0. The van der Waals surface area contributed by atoms with Gasteiger partial charge in [0.1, 0.15) is 24.6 Å². The van der Waals surface area contributed by atoms with Crippen LogP contribution in [0.15, 0.2) is 42.5 Å². The van der Waals surface area contributed by atoms with Crippen molar-refractivity contribution >= 4 is 17.9 Å². The lowest BCUT2D eigenvalue weighted by molar-refractivity contribution is -0.167. The van der Waals surface area contributed by atoms with E-state index in [4.69, 9.17) is 15.2 Å². The topological polar surface area (TPSA) is 105 Å². The highest BCUT2D eigenvalue weighted by Gasteiger charge is 2.48. The first-order chi connectivity index (χ1) is 18.0. The molecule has 0 unspecified atom stereocenters. The fourth-order valence-corrected chi connectivity index (χ4v) is 4.94. The third kappa shape index (κ3) is 5.54. The molecule has 9 nitrogen and oxygen atoms in total. The Hall–Kier alpha value is -3.80. The van der Waals surface area contributed by atoms with Crippen molar-refractivity contribution in [3.05, 3.63) is 64.7 Å². The summed E-state index contributed by atoms with van der Waals surface area (Å²) in [6, 6.07) is 9.67. The van der Waals surface area contributed by atoms with E-state index < -0.39 is 30.0 Å². The molecule has 38 heavy (non-hydrogen) atoms. The van der Waals surface area contributed by atoms with Crippen molar-refractivity contribution in [1.29, 1.82) is 0 Å². The SMILES string of the molecule is COc1ccccc1CN1C[C@@H]2N(C(=O)OCc3cc(C)cc(C(F)(F)F)c3)CCC(=O)N2[C@@H](CN)C1=O. The molecule has 4 rings (SSSR count). The molecule has 2 aliphatic heterocycles. The highest BCUT2D eigenvalue weighted by atomic mass is 19.4. The van der Waals surface area contributed by atoms with Crippen molar-refractivity contribution in [1.82, 2.24) is 14.7 Å². The summed E-state index contributed by atoms with van der Waals surface area (Å²) in [5.41, 5.74) is 6.38. The molecule has 2 aromatic rings. The second kappa shape index (κ2) is 10.9. The van der Waals surface area contributed by atoms with Crippen LogP contribution in [0.3, 0.4) is 0 Å². The van der Waals surface area contributed by atoms with E-state index in [1.807, 2.05) is 12.1 Å². The fourth-order valence-electron chi connectivity index (χ4n) is 4.94. The third-order valence-corrected chi connectivity index (χ3v) is 6.69. The molecule has 2 atom stereocenters. The number of fused-ring (bicyclic) bond motifs is 1. The first kappa shape index (κ1) is 27.2. The predicted molar refractivity (Wildman–Crippen MR) is 130 cm³/mol. The van der Waals surface area contributed by atoms with Crippen LogP contribution in [-0.4, -0.2) is 71.6 Å². The molecule has 2 aliphatic rings. The molecule has 204 valence electrons. The minimum Gasteiger partial charge on any atom is -0.496 e. The number of benzene rings is 2. The molecule has 0 bridgehead atoms. The van der Waals surface area contributed by atoms with Gasteiger partial charge in [-0.1, -0.05) is 29.8 Å². The van der Waals surface area contributed by atoms with Gasteiger partial charge in [-0.2, -0.15) is 13.2 Å². The number of aryl methyl sites for hydroxylation is 1. The quantitative estimate of drug-likeness (QED) is 0.611. The van der Waals surface area contributed by atoms with E-state index in [1.54, 1.807) is 12.1 Å². The number of rotatable bonds is 6. The average molecular weight is 535 g/mol. The molecule has 2 N–H and O–H groups in total. The maximum absolute atomic E-state index is 13.3. The minimum absolute atomic E-state index is 0.0108. The van der Waals surface area contributed by atoms with Crippen LogP contribution >= 0.6 is 0 Å². The Morgan fingerprint density at radius 3 is 2.58 bits per heavy atom. The van der Waals surface area contributed by atoms with Gasteiger partial charge >= 0.3 is 12.3 Å². The summed E-state index contributed by atoms with van der Waals surface area (Å²) in [7, 11) is 1.52. The zero-order valence-electron chi connectivity index (χ0n) is 21.0. The molecule has 2 fully saturated rings. The van der Waals surface area contributed by atoms with Crippen LogP contribution in [0.1, 0.15) is 28.7 Å².